The molecule has 196 valence electrons. The van der Waals surface area contributed by atoms with Crippen LogP contribution in [0.4, 0.5) is 0 Å². The summed E-state index contributed by atoms with van der Waals surface area (Å²) < 4.78 is 0. The highest BCUT2D eigenvalue weighted by Gasteiger charge is 2.11. The van der Waals surface area contributed by atoms with Gasteiger partial charge in [-0.05, 0) is 46.0 Å². The summed E-state index contributed by atoms with van der Waals surface area (Å²) in [6.45, 7) is 6.19. The van der Waals surface area contributed by atoms with E-state index in [1.165, 1.54) is 135 Å². The molecule has 0 radical (unpaired) electrons. The van der Waals surface area contributed by atoms with Gasteiger partial charge in [0.1, 0.15) is 5.78 Å². The van der Waals surface area contributed by atoms with E-state index in [1.807, 2.05) is 0 Å². The molecule has 0 rings (SSSR count). The molecular weight excluding hydrogens is 404 g/mol. The second-order valence-corrected chi connectivity index (χ2v) is 10.6. The molecule has 1 N–H and O–H groups in total. The number of hydrogen-bond acceptors (Lipinski definition) is 2. The molecule has 0 saturated carbocycles. The first kappa shape index (κ1) is 32.4. The summed E-state index contributed by atoms with van der Waals surface area (Å²) >= 11 is 0. The fourth-order valence-electron chi connectivity index (χ4n) is 4.71. The van der Waals surface area contributed by atoms with Gasteiger partial charge in [-0.1, -0.05) is 134 Å². The number of Topliss-reactive ketones (excluding diaryl/α,β-unsaturated/α-hetero) is 1. The average molecular weight is 465 g/mol. The van der Waals surface area contributed by atoms with Crippen molar-refractivity contribution in [3.05, 3.63) is 11.6 Å². The Balaban J connectivity index is 3.32. The van der Waals surface area contributed by atoms with E-state index in [9.17, 15) is 9.90 Å². The van der Waals surface area contributed by atoms with Crippen LogP contribution in [-0.4, -0.2) is 17.5 Å². The lowest BCUT2D eigenvalue weighted by Crippen LogP contribution is -2.15. The number of unbranched alkanes of at least 4 members (excludes halogenated alkanes) is 19. The Morgan fingerprint density at radius 1 is 0.636 bits per heavy atom. The molecule has 1 atom stereocenters. The third-order valence-corrected chi connectivity index (χ3v) is 7.22. The predicted octanol–water partition coefficient (Wildman–Crippen LogP) is 10.1. The maximum absolute atomic E-state index is 11.3. The van der Waals surface area contributed by atoms with E-state index in [0.29, 0.717) is 0 Å². The monoisotopic (exact) mass is 464 g/mol. The highest BCUT2D eigenvalue weighted by Crippen LogP contribution is 2.16. The molecule has 0 aliphatic rings. The molecule has 0 aromatic rings. The number of ketones is 1. The summed E-state index contributed by atoms with van der Waals surface area (Å²) in [5.74, 6) is 0.00207. The lowest BCUT2D eigenvalue weighted by atomic mass is 9.97. The first-order valence-corrected chi connectivity index (χ1v) is 14.9. The largest absolute Gasteiger partial charge is 0.396 e. The topological polar surface area (TPSA) is 37.3 Å². The van der Waals surface area contributed by atoms with Crippen LogP contribution < -0.4 is 0 Å². The Labute approximate surface area is 208 Å². The van der Waals surface area contributed by atoms with Crippen molar-refractivity contribution in [2.75, 3.05) is 6.61 Å². The van der Waals surface area contributed by atoms with E-state index in [4.69, 9.17) is 0 Å². The number of carbonyl (C=O) groups is 1. The molecule has 0 heterocycles. The van der Waals surface area contributed by atoms with Crippen molar-refractivity contribution in [1.82, 2.24) is 0 Å². The van der Waals surface area contributed by atoms with Crippen LogP contribution in [0.2, 0.25) is 0 Å². The van der Waals surface area contributed by atoms with Gasteiger partial charge in [-0.3, -0.25) is 4.79 Å². The van der Waals surface area contributed by atoms with Crippen molar-refractivity contribution in [2.45, 2.75) is 168 Å². The molecule has 0 aromatic heterocycles. The Kier molecular flexibility index (Phi) is 25.5. The van der Waals surface area contributed by atoms with Crippen molar-refractivity contribution in [3.63, 3.8) is 0 Å². The molecule has 0 aliphatic carbocycles. The van der Waals surface area contributed by atoms with Gasteiger partial charge in [-0.25, -0.2) is 0 Å². The van der Waals surface area contributed by atoms with Gasteiger partial charge >= 0.3 is 0 Å². The number of carbonyl (C=O) groups excluding carboxylic acids is 1. The molecule has 0 bridgehead atoms. The molecule has 0 aromatic carbocycles. The summed E-state index contributed by atoms with van der Waals surface area (Å²) in [7, 11) is 0. The van der Waals surface area contributed by atoms with Crippen LogP contribution in [0, 0.1) is 5.92 Å². The molecule has 2 heteroatoms. The van der Waals surface area contributed by atoms with Gasteiger partial charge in [-0.15, -0.1) is 0 Å². The summed E-state index contributed by atoms with van der Waals surface area (Å²) in [4.78, 5) is 11.3. The zero-order valence-corrected chi connectivity index (χ0v) is 23.0. The van der Waals surface area contributed by atoms with Crippen LogP contribution >= 0.6 is 0 Å². The molecule has 0 saturated heterocycles. The Morgan fingerprint density at radius 2 is 1.06 bits per heavy atom. The average Bonchev–Trinajstić information content (AvgIpc) is 2.80. The van der Waals surface area contributed by atoms with Crippen LogP contribution in [0.5, 0.6) is 0 Å². The third kappa shape index (κ3) is 24.3. The standard InChI is InChI=1S/C31H60O2/c1-4-5-6-7-8-9-10-11-12-13-14-15-16-17-19-22-25-29(2)26-23-20-18-21-24-27-31(28-32)30(3)33/h25,31-32H,4-24,26-28H2,1-3H3. The fraction of sp³-hybridized carbons (Fsp3) is 0.903. The minimum atomic E-state index is -0.130. The fourth-order valence-corrected chi connectivity index (χ4v) is 4.71. The van der Waals surface area contributed by atoms with Crippen LogP contribution in [0.25, 0.3) is 0 Å². The van der Waals surface area contributed by atoms with Gasteiger partial charge in [0, 0.05) is 5.92 Å². The summed E-state index contributed by atoms with van der Waals surface area (Å²) in [5.41, 5.74) is 1.57. The van der Waals surface area contributed by atoms with Gasteiger partial charge in [0.2, 0.25) is 0 Å². The minimum absolute atomic E-state index is 0.0126. The van der Waals surface area contributed by atoms with Crippen LogP contribution in [0.3, 0.4) is 0 Å². The Bertz CT molecular complexity index is 440. The Morgan fingerprint density at radius 3 is 1.52 bits per heavy atom. The van der Waals surface area contributed by atoms with E-state index < -0.39 is 0 Å². The lowest BCUT2D eigenvalue weighted by Gasteiger charge is -2.09. The van der Waals surface area contributed by atoms with E-state index >= 15 is 0 Å². The van der Waals surface area contributed by atoms with Crippen molar-refractivity contribution >= 4 is 5.78 Å². The first-order chi connectivity index (χ1) is 16.1. The molecule has 0 aliphatic heterocycles. The highest BCUT2D eigenvalue weighted by molar-refractivity contribution is 5.78. The van der Waals surface area contributed by atoms with Gasteiger partial charge in [-0.2, -0.15) is 0 Å². The molecular formula is C31H60O2. The zero-order chi connectivity index (χ0) is 24.4. The zero-order valence-electron chi connectivity index (χ0n) is 23.0. The van der Waals surface area contributed by atoms with Crippen LogP contribution in [-0.2, 0) is 4.79 Å². The van der Waals surface area contributed by atoms with E-state index in [0.717, 1.165) is 12.8 Å². The van der Waals surface area contributed by atoms with Gasteiger partial charge < -0.3 is 5.11 Å². The maximum atomic E-state index is 11.3. The summed E-state index contributed by atoms with van der Waals surface area (Å²) in [6, 6.07) is 0. The minimum Gasteiger partial charge on any atom is -0.396 e. The smallest absolute Gasteiger partial charge is 0.135 e. The van der Waals surface area contributed by atoms with Crippen LogP contribution in [0.15, 0.2) is 11.6 Å². The number of aliphatic hydroxyl groups excluding tert-OH is 1. The third-order valence-electron chi connectivity index (χ3n) is 7.22. The number of rotatable bonds is 26. The van der Waals surface area contributed by atoms with Crippen molar-refractivity contribution < 1.29 is 9.90 Å². The highest BCUT2D eigenvalue weighted by atomic mass is 16.3. The summed E-state index contributed by atoms with van der Waals surface area (Å²) in [6.07, 6.45) is 33.4. The molecule has 33 heavy (non-hydrogen) atoms. The first-order valence-electron chi connectivity index (χ1n) is 14.9. The molecule has 0 amide bonds. The molecule has 2 nitrogen and oxygen atoms in total. The second-order valence-electron chi connectivity index (χ2n) is 10.6. The predicted molar refractivity (Wildman–Crippen MR) is 147 cm³/mol. The number of hydrogen-bond donors (Lipinski definition) is 1. The van der Waals surface area contributed by atoms with Gasteiger partial charge in [0.05, 0.1) is 6.61 Å². The SMILES string of the molecule is CCCCCCCCCCCCCCCCCC=C(C)CCCCCCCC(CO)C(C)=O. The molecule has 0 spiro atoms. The van der Waals surface area contributed by atoms with Gasteiger partial charge in [0.25, 0.3) is 0 Å². The lowest BCUT2D eigenvalue weighted by molar-refractivity contribution is -0.122. The van der Waals surface area contributed by atoms with E-state index in [1.54, 1.807) is 12.5 Å². The number of allylic oxidation sites excluding steroid dienone is 2. The van der Waals surface area contributed by atoms with Crippen LogP contribution in [0.1, 0.15) is 168 Å². The quantitative estimate of drug-likeness (QED) is 0.102. The normalized spacial score (nSPS) is 12.9. The summed E-state index contributed by atoms with van der Waals surface area (Å²) in [5, 5.41) is 9.18. The van der Waals surface area contributed by atoms with Crippen molar-refractivity contribution in [3.8, 4) is 0 Å². The van der Waals surface area contributed by atoms with Crippen molar-refractivity contribution in [1.29, 1.82) is 0 Å². The van der Waals surface area contributed by atoms with E-state index in [2.05, 4.69) is 19.9 Å². The second kappa shape index (κ2) is 26.0. The Hall–Kier alpha value is -0.630. The van der Waals surface area contributed by atoms with Crippen molar-refractivity contribution in [2.24, 2.45) is 5.92 Å². The maximum Gasteiger partial charge on any atom is 0.135 e. The number of aliphatic hydroxyl groups is 1. The van der Waals surface area contributed by atoms with Gasteiger partial charge in [0.15, 0.2) is 0 Å². The molecule has 1 unspecified atom stereocenters. The molecule has 0 fully saturated rings. The van der Waals surface area contributed by atoms with E-state index in [-0.39, 0.29) is 18.3 Å².